The predicted octanol–water partition coefficient (Wildman–Crippen LogP) is 2.72. The Labute approximate surface area is 511 Å². The molecule has 87 heavy (non-hydrogen) atoms. The van der Waals surface area contributed by atoms with E-state index in [1.807, 2.05) is 63.2 Å². The lowest BCUT2D eigenvalue weighted by atomic mass is 9.96. The maximum atomic E-state index is 14.5. The van der Waals surface area contributed by atoms with Crippen molar-refractivity contribution in [1.82, 2.24) is 57.8 Å². The van der Waals surface area contributed by atoms with E-state index >= 15 is 0 Å². The van der Waals surface area contributed by atoms with Crippen molar-refractivity contribution in [3.05, 3.63) is 102 Å². The maximum Gasteiger partial charge on any atom is 0.326 e. The highest BCUT2D eigenvalue weighted by Crippen LogP contribution is 2.22. The van der Waals surface area contributed by atoms with Gasteiger partial charge in [0.05, 0.1) is 6.04 Å². The number of benzene rings is 3. The second-order valence-corrected chi connectivity index (χ2v) is 23.9. The zero-order chi connectivity index (χ0) is 64.2. The second-order valence-electron chi connectivity index (χ2n) is 22.9. The number of fused-ring (bicyclic) bond motifs is 2. The van der Waals surface area contributed by atoms with Crippen LogP contribution < -0.4 is 53.6 Å². The Morgan fingerprint density at radius 3 is 1.38 bits per heavy atom. The largest absolute Gasteiger partial charge is 0.508 e. The highest BCUT2D eigenvalue weighted by molar-refractivity contribution is 7.98. The van der Waals surface area contributed by atoms with Crippen LogP contribution in [0.2, 0.25) is 0 Å². The molecule has 24 nitrogen and oxygen atoms in total. The summed E-state index contributed by atoms with van der Waals surface area (Å²) >= 11 is 1.39. The van der Waals surface area contributed by atoms with Gasteiger partial charge in [0.15, 0.2) is 0 Å². The standard InChI is InChI=1S/C62H86N12O12S/c1-11-34(6)52(74-56(79)44(63)26-32(2)3)61(84)71-49(29-40-31-65-46-19-15-13-17-43(40)46)59(82)68-37(9)55(78)73-51(33(4)5)60(83)70-48(28-39-30-64-45-18-14-12-16-42(39)45)58(81)67-35(7)53(76)69-47(24-25-87-10)57(80)66-36(8)54(77)72-50(62(85)86)27-38-20-22-41(75)23-21-38/h12-23,30-37,44,47-52,64-65,75H,11,24-29,63H2,1-10H3,(H,66,80)(H,67,81)(H,68,82)(H,69,76)(H,70,83)(H,71,84)(H,72,77)(H,73,78)(H,74,79)(H,85,86)/t34-,35-,36-,37-,44-,47-,48-,49-,50-,51-,52-/m0/s1. The van der Waals surface area contributed by atoms with Gasteiger partial charge in [-0.05, 0) is 104 Å². The number of para-hydroxylation sites is 2. The third-order valence-corrected chi connectivity index (χ3v) is 15.7. The number of carboxylic acid groups (broad SMARTS) is 1. The number of hydrogen-bond acceptors (Lipinski definition) is 13. The number of carbonyl (C=O) groups excluding carboxylic acids is 9. The van der Waals surface area contributed by atoms with E-state index in [0.717, 1.165) is 21.8 Å². The fourth-order valence-corrected chi connectivity index (χ4v) is 10.1. The van der Waals surface area contributed by atoms with Crippen LogP contribution in [-0.4, -0.2) is 152 Å². The lowest BCUT2D eigenvalue weighted by Crippen LogP contribution is -2.61. The molecule has 0 aliphatic carbocycles. The molecule has 0 unspecified atom stereocenters. The fourth-order valence-electron chi connectivity index (χ4n) is 9.68. The van der Waals surface area contributed by atoms with Gasteiger partial charge in [0.1, 0.15) is 60.1 Å². The Balaban J connectivity index is 1.30. The maximum absolute atomic E-state index is 14.5. The van der Waals surface area contributed by atoms with Crippen LogP contribution in [0.25, 0.3) is 21.8 Å². The Kier molecular flexibility index (Phi) is 26.2. The number of thioether (sulfide) groups is 1. The van der Waals surface area contributed by atoms with Crippen molar-refractivity contribution >= 4 is 92.7 Å². The van der Waals surface area contributed by atoms with E-state index in [1.54, 1.807) is 45.5 Å². The molecule has 0 spiro atoms. The molecule has 0 radical (unpaired) electrons. The molecular weight excluding hydrogens is 1140 g/mol. The molecule has 11 atom stereocenters. The molecule has 0 bridgehead atoms. The van der Waals surface area contributed by atoms with E-state index in [0.29, 0.717) is 35.3 Å². The zero-order valence-corrected chi connectivity index (χ0v) is 51.8. The van der Waals surface area contributed by atoms with E-state index in [2.05, 4.69) is 57.8 Å². The van der Waals surface area contributed by atoms with E-state index < -0.39 is 125 Å². The van der Waals surface area contributed by atoms with Crippen molar-refractivity contribution in [2.75, 3.05) is 12.0 Å². The molecule has 0 saturated carbocycles. The molecule has 0 aliphatic heterocycles. The van der Waals surface area contributed by atoms with Gasteiger partial charge in [-0.3, -0.25) is 43.2 Å². The molecule has 3 aromatic carbocycles. The number of amides is 9. The van der Waals surface area contributed by atoms with Gasteiger partial charge in [-0.15, -0.1) is 0 Å². The number of aromatic hydroxyl groups is 1. The third kappa shape index (κ3) is 20.3. The molecule has 5 aromatic rings. The lowest BCUT2D eigenvalue weighted by Gasteiger charge is -2.29. The van der Waals surface area contributed by atoms with Gasteiger partial charge < -0.3 is 73.8 Å². The van der Waals surface area contributed by atoms with Gasteiger partial charge in [0.2, 0.25) is 53.2 Å². The molecule has 0 saturated heterocycles. The quantitative estimate of drug-likeness (QED) is 0.0287. The average molecular weight is 1220 g/mol. The summed E-state index contributed by atoms with van der Waals surface area (Å²) in [6, 6.07) is 8.25. The van der Waals surface area contributed by atoms with E-state index in [1.165, 1.54) is 56.8 Å². The van der Waals surface area contributed by atoms with Crippen LogP contribution in [0.15, 0.2) is 85.2 Å². The number of aromatic nitrogens is 2. The zero-order valence-electron chi connectivity index (χ0n) is 51.0. The van der Waals surface area contributed by atoms with Crippen LogP contribution in [-0.2, 0) is 67.2 Å². The van der Waals surface area contributed by atoms with Crippen molar-refractivity contribution in [3.63, 3.8) is 0 Å². The predicted molar refractivity (Wildman–Crippen MR) is 333 cm³/mol. The van der Waals surface area contributed by atoms with Gasteiger partial charge in [-0.2, -0.15) is 11.8 Å². The molecule has 2 aromatic heterocycles. The summed E-state index contributed by atoms with van der Waals surface area (Å²) in [6.07, 6.45) is 5.98. The number of carbonyl (C=O) groups is 10. The minimum atomic E-state index is -1.37. The fraction of sp³-hybridized carbons (Fsp3) is 0.484. The Morgan fingerprint density at radius 2 is 0.931 bits per heavy atom. The number of rotatable bonds is 33. The van der Waals surface area contributed by atoms with E-state index in [-0.39, 0.29) is 43.3 Å². The molecule has 5 rings (SSSR count). The summed E-state index contributed by atoms with van der Waals surface area (Å²) in [6.45, 7) is 15.0. The summed E-state index contributed by atoms with van der Waals surface area (Å²) < 4.78 is 0. The second kappa shape index (κ2) is 32.9. The van der Waals surface area contributed by atoms with E-state index in [4.69, 9.17) is 5.73 Å². The van der Waals surface area contributed by atoms with Crippen molar-refractivity contribution in [2.24, 2.45) is 23.5 Å². The van der Waals surface area contributed by atoms with Gasteiger partial charge in [-0.1, -0.05) is 96.5 Å². The van der Waals surface area contributed by atoms with Crippen LogP contribution in [0.4, 0.5) is 0 Å². The van der Waals surface area contributed by atoms with E-state index in [9.17, 15) is 58.2 Å². The first kappa shape index (κ1) is 69.3. The monoisotopic (exact) mass is 1220 g/mol. The number of hydrogen-bond donors (Lipinski definition) is 14. The Morgan fingerprint density at radius 1 is 0.506 bits per heavy atom. The Bertz CT molecular complexity index is 3200. The first-order valence-electron chi connectivity index (χ1n) is 29.3. The number of nitrogens with two attached hydrogens (primary N) is 1. The number of H-pyrrole nitrogens is 2. The number of nitrogens with one attached hydrogen (secondary N) is 11. The van der Waals surface area contributed by atoms with Gasteiger partial charge >= 0.3 is 5.97 Å². The van der Waals surface area contributed by atoms with Crippen molar-refractivity contribution in [3.8, 4) is 5.75 Å². The summed E-state index contributed by atoms with van der Waals surface area (Å²) in [4.78, 5) is 144. The molecule has 0 aliphatic rings. The molecule has 15 N–H and O–H groups in total. The highest BCUT2D eigenvalue weighted by Gasteiger charge is 2.36. The first-order chi connectivity index (χ1) is 41.2. The van der Waals surface area contributed by atoms with Crippen LogP contribution in [0.1, 0.15) is 98.3 Å². The summed E-state index contributed by atoms with van der Waals surface area (Å²) in [7, 11) is 0. The van der Waals surface area contributed by atoms with Crippen molar-refractivity contribution < 1.29 is 58.2 Å². The van der Waals surface area contributed by atoms with Crippen LogP contribution in [0.3, 0.4) is 0 Å². The normalized spacial score (nSPS) is 15.2. The molecule has 2 heterocycles. The number of aromatic amines is 2. The SMILES string of the molecule is CC[C@H](C)[C@H](NC(=O)[C@@H](N)CC(C)C)C(=O)N[C@@H](Cc1c[nH]c2ccccc12)C(=O)N[C@@H](C)C(=O)N[C@H](C(=O)N[C@@H](Cc1c[nH]c2ccccc12)C(=O)N[C@@H](C)C(=O)N[C@@H](CCSC)C(=O)N[C@@H](C)C(=O)N[C@@H](Cc1ccc(O)cc1)C(=O)O)C(C)C. The van der Waals surface area contributed by atoms with Crippen LogP contribution in [0, 0.1) is 17.8 Å². The van der Waals surface area contributed by atoms with Gasteiger partial charge in [-0.25, -0.2) is 4.79 Å². The van der Waals surface area contributed by atoms with Gasteiger partial charge in [0.25, 0.3) is 0 Å². The third-order valence-electron chi connectivity index (χ3n) is 15.1. The average Bonchev–Trinajstić information content (AvgIpc) is 2.50. The summed E-state index contributed by atoms with van der Waals surface area (Å²) in [5.41, 5.74) is 9.59. The first-order valence-corrected chi connectivity index (χ1v) is 30.7. The molecule has 0 fully saturated rings. The molecule has 9 amide bonds. The van der Waals surface area contributed by atoms with Gasteiger partial charge in [0, 0.05) is 53.5 Å². The van der Waals surface area contributed by atoms with Crippen LogP contribution >= 0.6 is 11.8 Å². The number of carboxylic acids is 1. The minimum Gasteiger partial charge on any atom is -0.508 e. The Hall–Kier alpha value is -8.45. The minimum absolute atomic E-state index is 0.0163. The lowest BCUT2D eigenvalue weighted by molar-refractivity contribution is -0.142. The van der Waals surface area contributed by atoms with Crippen molar-refractivity contribution in [1.29, 1.82) is 0 Å². The smallest absolute Gasteiger partial charge is 0.326 e. The number of phenolic OH excluding ortho intramolecular Hbond substituents is 1. The number of phenols is 1. The summed E-state index contributed by atoms with van der Waals surface area (Å²) in [5.74, 6) is -8.34. The number of aliphatic carboxylic acids is 1. The molecule has 25 heteroatoms. The van der Waals surface area contributed by atoms with Crippen molar-refractivity contribution in [2.45, 2.75) is 161 Å². The van der Waals surface area contributed by atoms with Crippen LogP contribution in [0.5, 0.6) is 5.75 Å². The molecule has 472 valence electrons. The highest BCUT2D eigenvalue weighted by atomic mass is 32.2. The topological polar surface area (TPSA) is 377 Å². The molecular formula is C62H86N12O12S. The summed E-state index contributed by atoms with van der Waals surface area (Å²) in [5, 5.41) is 45.1.